The highest BCUT2D eigenvalue weighted by atomic mass is 16.7. The lowest BCUT2D eigenvalue weighted by atomic mass is 9.98. The van der Waals surface area contributed by atoms with Crippen LogP contribution in [0.2, 0.25) is 0 Å². The number of allylic oxidation sites excluding steroid dienone is 24. The van der Waals surface area contributed by atoms with Crippen LogP contribution >= 0.6 is 0 Å². The molecule has 3 rings (SSSR count). The van der Waals surface area contributed by atoms with Gasteiger partial charge < -0.3 is 84.7 Å². The van der Waals surface area contributed by atoms with Gasteiger partial charge in [0.15, 0.2) is 18.7 Å². The largest absolute Gasteiger partial charge is 0.492 e. The van der Waals surface area contributed by atoms with E-state index < -0.39 is 98.1 Å². The lowest BCUT2D eigenvalue weighted by molar-refractivity contribution is -0.328. The van der Waals surface area contributed by atoms with Crippen LogP contribution in [0.5, 0.6) is 5.75 Å². The van der Waals surface area contributed by atoms with Crippen LogP contribution < -0.4 is 26.0 Å². The van der Waals surface area contributed by atoms with Gasteiger partial charge in [0.2, 0.25) is 17.7 Å². The molecule has 0 bridgehead atoms. The minimum atomic E-state index is -1.84. The molecular weight excluding hydrogens is 1280 g/mol. The fraction of sp³-hybridized carbons (Fsp3) is 0.551. The summed E-state index contributed by atoms with van der Waals surface area (Å²) in [4.78, 5) is 66.5. The number of hydrogen-bond acceptors (Lipinski definition) is 18. The molecule has 22 heteroatoms. The highest BCUT2D eigenvalue weighted by Gasteiger charge is 2.49. The molecule has 0 aromatic heterocycles. The summed E-state index contributed by atoms with van der Waals surface area (Å²) in [6.45, 7) is 5.76. The number of ether oxygens (including phenoxy) is 8. The maximum Gasteiger partial charge on any atom is 0.408 e. The Morgan fingerprint density at radius 1 is 0.500 bits per heavy atom. The fourth-order valence-electron chi connectivity index (χ4n) is 10.1. The van der Waals surface area contributed by atoms with Crippen molar-refractivity contribution < 1.29 is 87.4 Å². The molecule has 556 valence electrons. The van der Waals surface area contributed by atoms with E-state index in [1.165, 1.54) is 14.2 Å². The van der Waals surface area contributed by atoms with Crippen LogP contribution in [0, 0.1) is 0 Å². The van der Waals surface area contributed by atoms with Crippen LogP contribution in [0.1, 0.15) is 148 Å². The minimum absolute atomic E-state index is 0.0189. The first-order valence-corrected chi connectivity index (χ1v) is 35.5. The first kappa shape index (κ1) is 86.9. The topological polar surface area (TPSA) is 308 Å². The number of nitrogens with one attached hydrogen (secondary N) is 4. The fourth-order valence-corrected chi connectivity index (χ4v) is 10.1. The Labute approximate surface area is 593 Å². The summed E-state index contributed by atoms with van der Waals surface area (Å²) in [7, 11) is 2.55. The van der Waals surface area contributed by atoms with Crippen molar-refractivity contribution in [3.8, 4) is 5.75 Å². The molecule has 4 amide bonds. The number of carbonyl (C=O) groups is 5. The summed E-state index contributed by atoms with van der Waals surface area (Å²) in [5.74, 6) is -1.06. The zero-order chi connectivity index (χ0) is 72.6. The standard InChI is InChI=1S/C78H116N4O18/c1-6-9-11-13-15-17-19-21-23-25-27-29-31-33-35-37-39-41-43-48-66(83)79-55-56-96-61-52-50-60(51-53-61)57-63(81-67(84)49-44-42-40-38-36-34-32-30-28-26-24-22-20-18-16-14-12-10-7-2)74(90)80-54-46-45-47-62(75(91)95-8-3)82-78(92)100-73-69(86)64(58-93-4)99-77(72(73)89)97-59-65-68(85)70(87)71(88)76(94-5)98-65/h9-12,15-18,21-24,27-30,33-36,39-42,50-53,62-65,68-73,76-77,85-89H,6-8,13-14,19-20,25-26,31-32,37-38,43-49,54-59H2,1-5H3,(H,79,83)(H,80,90)(H,81,84)(H,82,92)/b11-9-,12-10-,17-15-,18-16-,23-21-,24-22-,29-27-,30-28-,35-33-,36-34-,41-39-,42-40-/t62-,63-,64?,65?,68+,69+,70-,71?,72?,73-,76-,77+/m0/s1. The molecule has 0 aliphatic carbocycles. The summed E-state index contributed by atoms with van der Waals surface area (Å²) in [5, 5.41) is 64.6. The van der Waals surface area contributed by atoms with Crippen molar-refractivity contribution in [3.63, 3.8) is 0 Å². The normalized spacial score (nSPS) is 22.2. The van der Waals surface area contributed by atoms with Crippen molar-refractivity contribution in [2.45, 2.75) is 223 Å². The van der Waals surface area contributed by atoms with E-state index in [-0.39, 0.29) is 63.9 Å². The summed E-state index contributed by atoms with van der Waals surface area (Å²) in [5.41, 5.74) is 0.748. The van der Waals surface area contributed by atoms with Crippen LogP contribution in [0.4, 0.5) is 4.79 Å². The number of unbranched alkanes of at least 4 members (excludes halogenated alkanes) is 1. The molecule has 0 saturated carbocycles. The Hall–Kier alpha value is -7.35. The van der Waals surface area contributed by atoms with Crippen LogP contribution in [0.15, 0.2) is 170 Å². The summed E-state index contributed by atoms with van der Waals surface area (Å²) >= 11 is 0. The van der Waals surface area contributed by atoms with E-state index in [9.17, 15) is 49.5 Å². The van der Waals surface area contributed by atoms with Gasteiger partial charge in [-0.15, -0.1) is 0 Å². The number of esters is 1. The van der Waals surface area contributed by atoms with E-state index in [0.717, 1.165) is 76.2 Å². The molecule has 22 nitrogen and oxygen atoms in total. The van der Waals surface area contributed by atoms with Gasteiger partial charge in [-0.3, -0.25) is 14.4 Å². The van der Waals surface area contributed by atoms with Crippen LogP contribution in [0.25, 0.3) is 0 Å². The van der Waals surface area contributed by atoms with Gasteiger partial charge in [-0.2, -0.15) is 0 Å². The quantitative estimate of drug-likeness (QED) is 0.0166. The van der Waals surface area contributed by atoms with E-state index >= 15 is 0 Å². The highest BCUT2D eigenvalue weighted by molar-refractivity contribution is 5.88. The first-order chi connectivity index (χ1) is 48.7. The number of amides is 4. The molecule has 1 aromatic carbocycles. The Morgan fingerprint density at radius 3 is 1.47 bits per heavy atom. The van der Waals surface area contributed by atoms with E-state index in [2.05, 4.69) is 163 Å². The second-order valence-electron chi connectivity index (χ2n) is 23.7. The van der Waals surface area contributed by atoms with Crippen LogP contribution in [-0.2, 0) is 58.8 Å². The van der Waals surface area contributed by atoms with E-state index in [1.807, 2.05) is 30.4 Å². The molecule has 2 fully saturated rings. The monoisotopic (exact) mass is 1400 g/mol. The number of aliphatic hydroxyl groups excluding tert-OH is 5. The average molecular weight is 1400 g/mol. The van der Waals surface area contributed by atoms with E-state index in [1.54, 1.807) is 19.1 Å². The van der Waals surface area contributed by atoms with Crippen molar-refractivity contribution in [2.75, 3.05) is 53.7 Å². The number of hydrogen-bond donors (Lipinski definition) is 9. The average Bonchev–Trinajstić information content (AvgIpc) is 0.803. The lowest BCUT2D eigenvalue weighted by Crippen LogP contribution is -2.63. The molecule has 9 N–H and O–H groups in total. The Morgan fingerprint density at radius 2 is 0.980 bits per heavy atom. The van der Waals surface area contributed by atoms with Crippen LogP contribution in [-0.4, -0.2) is 183 Å². The molecule has 4 unspecified atom stereocenters. The molecule has 2 saturated heterocycles. The number of alkyl carbamates (subject to hydrolysis) is 1. The summed E-state index contributed by atoms with van der Waals surface area (Å²) in [6, 6.07) is 4.92. The van der Waals surface area contributed by atoms with Gasteiger partial charge in [-0.1, -0.05) is 172 Å². The Bertz CT molecular complexity index is 2790. The predicted octanol–water partition coefficient (Wildman–Crippen LogP) is 10.0. The number of methoxy groups -OCH3 is 2. The van der Waals surface area contributed by atoms with Crippen molar-refractivity contribution in [1.82, 2.24) is 21.3 Å². The Balaban J connectivity index is 1.53. The second-order valence-corrected chi connectivity index (χ2v) is 23.7. The smallest absolute Gasteiger partial charge is 0.408 e. The third-order valence-electron chi connectivity index (χ3n) is 15.6. The zero-order valence-electron chi connectivity index (χ0n) is 59.5. The molecule has 2 heterocycles. The van der Waals surface area contributed by atoms with Crippen molar-refractivity contribution in [3.05, 3.63) is 176 Å². The predicted molar refractivity (Wildman–Crippen MR) is 388 cm³/mol. The lowest BCUT2D eigenvalue weighted by Gasteiger charge is -2.43. The van der Waals surface area contributed by atoms with Gasteiger partial charge in [0, 0.05) is 40.0 Å². The third kappa shape index (κ3) is 39.0. The summed E-state index contributed by atoms with van der Waals surface area (Å²) < 4.78 is 43.8. The number of benzene rings is 1. The molecular formula is C78H116N4O18. The van der Waals surface area contributed by atoms with Gasteiger partial charge in [-0.25, -0.2) is 9.59 Å². The molecule has 100 heavy (non-hydrogen) atoms. The maximum atomic E-state index is 13.9. The molecule has 2 aliphatic heterocycles. The Kier molecular flexibility index (Phi) is 48.9. The minimum Gasteiger partial charge on any atom is -0.492 e. The van der Waals surface area contributed by atoms with Gasteiger partial charge in [-0.05, 0) is 134 Å². The van der Waals surface area contributed by atoms with Crippen molar-refractivity contribution in [2.24, 2.45) is 0 Å². The van der Waals surface area contributed by atoms with Crippen LogP contribution in [0.3, 0.4) is 0 Å². The van der Waals surface area contributed by atoms with Gasteiger partial charge in [0.05, 0.1) is 26.4 Å². The number of carbonyl (C=O) groups excluding carboxylic acids is 5. The molecule has 1 aromatic rings. The van der Waals surface area contributed by atoms with E-state index in [4.69, 9.17) is 37.9 Å². The molecule has 2 aliphatic rings. The second kappa shape index (κ2) is 56.3. The number of rotatable bonds is 51. The first-order valence-electron chi connectivity index (χ1n) is 35.5. The van der Waals surface area contributed by atoms with Gasteiger partial charge in [0.25, 0.3) is 0 Å². The van der Waals surface area contributed by atoms with Crippen molar-refractivity contribution in [1.29, 1.82) is 0 Å². The molecule has 12 atom stereocenters. The number of aliphatic hydroxyl groups is 5. The third-order valence-corrected chi connectivity index (χ3v) is 15.6. The summed E-state index contributed by atoms with van der Waals surface area (Å²) in [6.07, 6.45) is 47.8. The van der Waals surface area contributed by atoms with Gasteiger partial charge >= 0.3 is 12.1 Å². The zero-order valence-corrected chi connectivity index (χ0v) is 59.5. The van der Waals surface area contributed by atoms with Crippen molar-refractivity contribution >= 4 is 29.8 Å². The molecule has 0 radical (unpaired) electrons. The SMILES string of the molecule is CC/C=C\C/C=C\C/C=C\C/C=C\C/C=C\C/C=C\CCC(=O)NCCOc1ccc(C[C@H](NC(=O)CC/C=C\C/C=C\C/C=C\C/C=C\C/C=C\C/C=C\CC)C(=O)NCCCC[C@H](NC(=O)O[C@@H]2C(O)[C@H](OCC3O[C@H](OC)C(O)[C@@H](O)[C@@H]3O)OC(COC)[C@H]2O)C(=O)OCC)cc1. The highest BCUT2D eigenvalue weighted by Crippen LogP contribution is 2.28. The molecule has 0 spiro atoms. The van der Waals surface area contributed by atoms with E-state index in [0.29, 0.717) is 44.4 Å². The maximum absolute atomic E-state index is 13.9. The van der Waals surface area contributed by atoms with Gasteiger partial charge in [0.1, 0.15) is 67.2 Å².